The molecule has 7 heteroatoms. The molecule has 1 heterocycles. The first-order valence-electron chi connectivity index (χ1n) is 5.19. The predicted octanol–water partition coefficient (Wildman–Crippen LogP) is 2.71. The summed E-state index contributed by atoms with van der Waals surface area (Å²) in [5.74, 6) is 0.333. The van der Waals surface area contributed by atoms with Gasteiger partial charge >= 0.3 is 0 Å². The van der Waals surface area contributed by atoms with E-state index in [2.05, 4.69) is 36.4 Å². The van der Waals surface area contributed by atoms with Crippen LogP contribution in [0.1, 0.15) is 29.1 Å². The van der Waals surface area contributed by atoms with Gasteiger partial charge in [0.2, 0.25) is 0 Å². The highest BCUT2D eigenvalue weighted by atomic mass is 79.9. The van der Waals surface area contributed by atoms with Crippen molar-refractivity contribution in [3.63, 3.8) is 0 Å². The topological polar surface area (TPSA) is 70.7 Å². The van der Waals surface area contributed by atoms with Crippen LogP contribution >= 0.6 is 27.5 Å². The normalized spacial score (nSPS) is 12.2. The van der Waals surface area contributed by atoms with E-state index in [9.17, 15) is 4.79 Å². The van der Waals surface area contributed by atoms with Crippen molar-refractivity contribution in [2.75, 3.05) is 0 Å². The number of nitrogens with one attached hydrogen (secondary N) is 2. The fourth-order valence-corrected chi connectivity index (χ4v) is 2.02. The molecular weight excluding hydrogens is 320 g/mol. The summed E-state index contributed by atoms with van der Waals surface area (Å²) in [5.41, 5.74) is 0.414. The molecule has 2 N–H and O–H groups in total. The number of H-pyrrole nitrogens is 1. The highest BCUT2D eigenvalue weighted by Crippen LogP contribution is 2.26. The molecule has 18 heavy (non-hydrogen) atoms. The van der Waals surface area contributed by atoms with Crippen LogP contribution in [0.15, 0.2) is 29.0 Å². The lowest BCUT2D eigenvalue weighted by atomic mass is 10.2. The second-order valence-corrected chi connectivity index (χ2v) is 4.90. The van der Waals surface area contributed by atoms with Gasteiger partial charge in [-0.25, -0.2) is 4.98 Å². The zero-order valence-electron chi connectivity index (χ0n) is 9.45. The Morgan fingerprint density at radius 1 is 1.56 bits per heavy atom. The Morgan fingerprint density at radius 2 is 2.33 bits per heavy atom. The van der Waals surface area contributed by atoms with Gasteiger partial charge in [0.1, 0.15) is 12.2 Å². The number of carbonyl (C=O) groups is 1. The van der Waals surface area contributed by atoms with Gasteiger partial charge in [-0.3, -0.25) is 9.89 Å². The molecule has 1 atom stereocenters. The zero-order valence-corrected chi connectivity index (χ0v) is 11.8. The SMILES string of the molecule is CC(NC(=O)c1cccc(Br)c1Cl)c1ncn[nH]1. The number of amides is 1. The molecule has 1 amide bonds. The second-order valence-electron chi connectivity index (χ2n) is 3.67. The van der Waals surface area contributed by atoms with E-state index >= 15 is 0 Å². The van der Waals surface area contributed by atoms with Crippen LogP contribution in [-0.2, 0) is 0 Å². The predicted molar refractivity (Wildman–Crippen MR) is 71.4 cm³/mol. The molecule has 0 saturated carbocycles. The van der Waals surface area contributed by atoms with E-state index in [1.165, 1.54) is 6.33 Å². The first kappa shape index (κ1) is 13.0. The summed E-state index contributed by atoms with van der Waals surface area (Å²) in [6, 6.07) is 4.92. The average molecular weight is 330 g/mol. The molecule has 0 aliphatic carbocycles. The molecule has 0 radical (unpaired) electrons. The van der Waals surface area contributed by atoms with Crippen LogP contribution in [-0.4, -0.2) is 21.1 Å². The van der Waals surface area contributed by atoms with Crippen molar-refractivity contribution in [2.24, 2.45) is 0 Å². The third-order valence-corrected chi connectivity index (χ3v) is 3.68. The summed E-state index contributed by atoms with van der Waals surface area (Å²) in [4.78, 5) is 16.0. The maximum absolute atomic E-state index is 12.0. The molecule has 1 aromatic carbocycles. The van der Waals surface area contributed by atoms with Gasteiger partial charge in [-0.05, 0) is 35.0 Å². The smallest absolute Gasteiger partial charge is 0.253 e. The minimum Gasteiger partial charge on any atom is -0.342 e. The maximum atomic E-state index is 12.0. The summed E-state index contributed by atoms with van der Waals surface area (Å²) in [7, 11) is 0. The van der Waals surface area contributed by atoms with E-state index in [-0.39, 0.29) is 11.9 Å². The highest BCUT2D eigenvalue weighted by molar-refractivity contribution is 9.10. The number of nitrogens with zero attached hydrogens (tertiary/aromatic N) is 2. The lowest BCUT2D eigenvalue weighted by Gasteiger charge is -2.12. The monoisotopic (exact) mass is 328 g/mol. The molecule has 0 spiro atoms. The number of hydrogen-bond donors (Lipinski definition) is 2. The number of aromatic amines is 1. The van der Waals surface area contributed by atoms with Crippen LogP contribution in [0.25, 0.3) is 0 Å². The lowest BCUT2D eigenvalue weighted by molar-refractivity contribution is 0.0938. The van der Waals surface area contributed by atoms with Crippen LogP contribution in [0.3, 0.4) is 0 Å². The Balaban J connectivity index is 2.15. The third-order valence-electron chi connectivity index (χ3n) is 2.39. The summed E-state index contributed by atoms with van der Waals surface area (Å²) in [6.07, 6.45) is 1.39. The minimum atomic E-state index is -0.268. The van der Waals surface area contributed by atoms with Crippen molar-refractivity contribution >= 4 is 33.4 Å². The fourth-order valence-electron chi connectivity index (χ4n) is 1.45. The van der Waals surface area contributed by atoms with E-state index < -0.39 is 0 Å². The molecule has 1 unspecified atom stereocenters. The van der Waals surface area contributed by atoms with E-state index in [1.807, 2.05) is 6.92 Å². The van der Waals surface area contributed by atoms with E-state index in [4.69, 9.17) is 11.6 Å². The maximum Gasteiger partial charge on any atom is 0.253 e. The number of halogens is 2. The van der Waals surface area contributed by atoms with E-state index in [0.717, 1.165) is 0 Å². The third kappa shape index (κ3) is 2.70. The number of benzene rings is 1. The van der Waals surface area contributed by atoms with Crippen molar-refractivity contribution in [3.05, 3.63) is 45.4 Å². The van der Waals surface area contributed by atoms with Gasteiger partial charge in [0.25, 0.3) is 5.91 Å². The Bertz CT molecular complexity index is 558. The standard InChI is InChI=1S/C11H10BrClN4O/c1-6(10-14-5-15-17-10)16-11(18)7-3-2-4-8(12)9(7)13/h2-6H,1H3,(H,16,18)(H,14,15,17). The van der Waals surface area contributed by atoms with Gasteiger partial charge in [-0.2, -0.15) is 5.10 Å². The Labute approximate surface area is 117 Å². The number of aromatic nitrogens is 3. The Hall–Kier alpha value is -1.40. The number of hydrogen-bond acceptors (Lipinski definition) is 3. The Kier molecular flexibility index (Phi) is 3.98. The molecule has 0 aliphatic rings. The van der Waals surface area contributed by atoms with Crippen molar-refractivity contribution in [1.29, 1.82) is 0 Å². The Morgan fingerprint density at radius 3 is 3.00 bits per heavy atom. The quantitative estimate of drug-likeness (QED) is 0.909. The van der Waals surface area contributed by atoms with Crippen LogP contribution in [0.2, 0.25) is 5.02 Å². The summed E-state index contributed by atoms with van der Waals surface area (Å²) < 4.78 is 0.684. The molecule has 0 bridgehead atoms. The van der Waals surface area contributed by atoms with Crippen molar-refractivity contribution in [3.8, 4) is 0 Å². The van der Waals surface area contributed by atoms with Crippen LogP contribution in [0, 0.1) is 0 Å². The molecule has 5 nitrogen and oxygen atoms in total. The molecule has 0 saturated heterocycles. The summed E-state index contributed by atoms with van der Waals surface area (Å²) in [6.45, 7) is 1.81. The molecule has 0 fully saturated rings. The van der Waals surface area contributed by atoms with Crippen molar-refractivity contribution < 1.29 is 4.79 Å². The van der Waals surface area contributed by atoms with Gasteiger partial charge < -0.3 is 5.32 Å². The van der Waals surface area contributed by atoms with Crippen LogP contribution < -0.4 is 5.32 Å². The fraction of sp³-hybridized carbons (Fsp3) is 0.182. The first-order chi connectivity index (χ1) is 8.59. The molecule has 0 aliphatic heterocycles. The van der Waals surface area contributed by atoms with E-state index in [0.29, 0.717) is 20.9 Å². The second kappa shape index (κ2) is 5.49. The minimum absolute atomic E-state index is 0.259. The van der Waals surface area contributed by atoms with Gasteiger partial charge in [-0.1, -0.05) is 17.7 Å². The summed E-state index contributed by atoms with van der Waals surface area (Å²) >= 11 is 9.33. The number of rotatable bonds is 3. The van der Waals surface area contributed by atoms with Gasteiger partial charge in [-0.15, -0.1) is 0 Å². The highest BCUT2D eigenvalue weighted by Gasteiger charge is 2.16. The molecule has 94 valence electrons. The number of carbonyl (C=O) groups excluding carboxylic acids is 1. The zero-order chi connectivity index (χ0) is 13.1. The van der Waals surface area contributed by atoms with Gasteiger partial charge in [0, 0.05) is 4.47 Å². The van der Waals surface area contributed by atoms with Gasteiger partial charge in [0.05, 0.1) is 16.6 Å². The van der Waals surface area contributed by atoms with E-state index in [1.54, 1.807) is 18.2 Å². The summed E-state index contributed by atoms with van der Waals surface area (Å²) in [5, 5.41) is 9.61. The van der Waals surface area contributed by atoms with Crippen LogP contribution in [0.4, 0.5) is 0 Å². The molecular formula is C11H10BrClN4O. The molecule has 2 aromatic rings. The molecule has 1 aromatic heterocycles. The van der Waals surface area contributed by atoms with Crippen molar-refractivity contribution in [2.45, 2.75) is 13.0 Å². The van der Waals surface area contributed by atoms with Gasteiger partial charge in [0.15, 0.2) is 0 Å². The van der Waals surface area contributed by atoms with Crippen LogP contribution in [0.5, 0.6) is 0 Å². The first-order valence-corrected chi connectivity index (χ1v) is 6.37. The van der Waals surface area contributed by atoms with Crippen molar-refractivity contribution in [1.82, 2.24) is 20.5 Å². The average Bonchev–Trinajstić information content (AvgIpc) is 2.86. The largest absolute Gasteiger partial charge is 0.342 e. The lowest BCUT2D eigenvalue weighted by Crippen LogP contribution is -2.27. The molecule has 2 rings (SSSR count).